The molecule has 0 aromatic heterocycles. The van der Waals surface area contributed by atoms with Crippen molar-refractivity contribution in [1.29, 1.82) is 0 Å². The van der Waals surface area contributed by atoms with Gasteiger partial charge in [0.15, 0.2) is 0 Å². The van der Waals surface area contributed by atoms with Gasteiger partial charge in [0.25, 0.3) is 0 Å². The molecule has 0 unspecified atom stereocenters. The Kier molecular flexibility index (Phi) is 3.10. The first kappa shape index (κ1) is 12.1. The van der Waals surface area contributed by atoms with Crippen molar-refractivity contribution >= 4 is 0 Å². The molecular formula is C13H20O2. The third-order valence-corrected chi connectivity index (χ3v) is 2.87. The van der Waals surface area contributed by atoms with E-state index in [1.807, 2.05) is 19.9 Å². The van der Waals surface area contributed by atoms with E-state index >= 15 is 0 Å². The average Bonchev–Trinajstić information content (AvgIpc) is 2.10. The molecule has 0 fully saturated rings. The van der Waals surface area contributed by atoms with Crippen LogP contribution >= 0.6 is 0 Å². The van der Waals surface area contributed by atoms with Crippen molar-refractivity contribution in [3.05, 3.63) is 28.3 Å². The minimum Gasteiger partial charge on any atom is -0.507 e. The highest BCUT2D eigenvalue weighted by Crippen LogP contribution is 2.36. The Morgan fingerprint density at radius 2 is 1.73 bits per heavy atom. The van der Waals surface area contributed by atoms with Crippen molar-refractivity contribution < 1.29 is 10.2 Å². The van der Waals surface area contributed by atoms with Crippen molar-refractivity contribution in [2.45, 2.75) is 46.6 Å². The lowest BCUT2D eigenvalue weighted by molar-refractivity contribution is 0.279. The number of phenolic OH excluding ortho intramolecular Hbond substituents is 1. The first-order chi connectivity index (χ1) is 6.79. The Balaban J connectivity index is 3.48. The van der Waals surface area contributed by atoms with Gasteiger partial charge in [-0.1, -0.05) is 26.8 Å². The first-order valence-electron chi connectivity index (χ1n) is 5.22. The number of hydrogen-bond donors (Lipinski definition) is 2. The number of aromatic hydroxyl groups is 1. The second kappa shape index (κ2) is 3.86. The van der Waals surface area contributed by atoms with Crippen LogP contribution in [0.15, 0.2) is 6.07 Å². The topological polar surface area (TPSA) is 40.5 Å². The lowest BCUT2D eigenvalue weighted by Gasteiger charge is -2.23. The highest BCUT2D eigenvalue weighted by Gasteiger charge is 2.21. The summed E-state index contributed by atoms with van der Waals surface area (Å²) in [6, 6.07) is 1.97. The predicted molar refractivity (Wildman–Crippen MR) is 62.2 cm³/mol. The van der Waals surface area contributed by atoms with Crippen LogP contribution in [0.25, 0.3) is 0 Å². The number of aliphatic hydroxyl groups excluding tert-OH is 1. The van der Waals surface area contributed by atoms with Crippen molar-refractivity contribution in [3.63, 3.8) is 0 Å². The summed E-state index contributed by atoms with van der Waals surface area (Å²) >= 11 is 0. The van der Waals surface area contributed by atoms with Crippen LogP contribution in [0, 0.1) is 13.8 Å². The molecule has 0 radical (unpaired) electrons. The molecule has 0 amide bonds. The standard InChI is InChI=1S/C13H20O2/c1-8-6-11(13(3,4)5)12(15)9(2)10(8)7-14/h6,14-15H,7H2,1-5H3. The quantitative estimate of drug-likeness (QED) is 0.745. The van der Waals surface area contributed by atoms with Gasteiger partial charge in [-0.3, -0.25) is 0 Å². The van der Waals surface area contributed by atoms with Gasteiger partial charge >= 0.3 is 0 Å². The van der Waals surface area contributed by atoms with E-state index in [1.54, 1.807) is 0 Å². The van der Waals surface area contributed by atoms with Crippen LogP contribution in [-0.4, -0.2) is 10.2 Å². The number of benzene rings is 1. The van der Waals surface area contributed by atoms with Gasteiger partial charge < -0.3 is 10.2 Å². The Labute approximate surface area is 91.6 Å². The molecule has 84 valence electrons. The molecule has 1 rings (SSSR count). The highest BCUT2D eigenvalue weighted by atomic mass is 16.3. The molecule has 0 bridgehead atoms. The number of aliphatic hydroxyl groups is 1. The summed E-state index contributed by atoms with van der Waals surface area (Å²) in [4.78, 5) is 0. The number of phenols is 1. The summed E-state index contributed by atoms with van der Waals surface area (Å²) in [6.07, 6.45) is 0. The summed E-state index contributed by atoms with van der Waals surface area (Å²) in [6.45, 7) is 10.0. The third kappa shape index (κ3) is 2.15. The fourth-order valence-corrected chi connectivity index (χ4v) is 1.83. The molecule has 0 aliphatic carbocycles. The second-order valence-electron chi connectivity index (χ2n) is 5.10. The van der Waals surface area contributed by atoms with Crippen LogP contribution in [0.5, 0.6) is 5.75 Å². The monoisotopic (exact) mass is 208 g/mol. The fourth-order valence-electron chi connectivity index (χ4n) is 1.83. The maximum atomic E-state index is 10.1. The fraction of sp³-hybridized carbons (Fsp3) is 0.538. The zero-order valence-corrected chi connectivity index (χ0v) is 10.2. The summed E-state index contributed by atoms with van der Waals surface area (Å²) in [5, 5.41) is 19.3. The first-order valence-corrected chi connectivity index (χ1v) is 5.22. The van der Waals surface area contributed by atoms with Gasteiger partial charge in [0.2, 0.25) is 0 Å². The van der Waals surface area contributed by atoms with Crippen LogP contribution in [0.1, 0.15) is 43.0 Å². The van der Waals surface area contributed by atoms with E-state index < -0.39 is 0 Å². The minimum absolute atomic E-state index is 0.0182. The van der Waals surface area contributed by atoms with Gasteiger partial charge in [0.1, 0.15) is 5.75 Å². The average molecular weight is 208 g/mol. The van der Waals surface area contributed by atoms with E-state index in [-0.39, 0.29) is 12.0 Å². The normalized spacial score (nSPS) is 11.9. The van der Waals surface area contributed by atoms with Crippen LogP contribution in [0.3, 0.4) is 0 Å². The summed E-state index contributed by atoms with van der Waals surface area (Å²) in [5.74, 6) is 0.317. The molecule has 2 N–H and O–H groups in total. The Morgan fingerprint density at radius 3 is 2.13 bits per heavy atom. The third-order valence-electron chi connectivity index (χ3n) is 2.87. The van der Waals surface area contributed by atoms with E-state index in [2.05, 4.69) is 20.8 Å². The maximum Gasteiger partial charge on any atom is 0.122 e. The molecule has 2 nitrogen and oxygen atoms in total. The zero-order chi connectivity index (χ0) is 11.8. The van der Waals surface area contributed by atoms with Gasteiger partial charge in [0, 0.05) is 0 Å². The molecule has 0 saturated carbocycles. The Hall–Kier alpha value is -1.02. The molecule has 1 aromatic carbocycles. The lowest BCUT2D eigenvalue weighted by atomic mass is 9.83. The highest BCUT2D eigenvalue weighted by molar-refractivity contribution is 5.51. The minimum atomic E-state index is -0.0758. The predicted octanol–water partition coefficient (Wildman–Crippen LogP) is 2.80. The molecule has 15 heavy (non-hydrogen) atoms. The molecule has 1 aromatic rings. The van der Waals surface area contributed by atoms with Gasteiger partial charge in [0.05, 0.1) is 6.61 Å². The Morgan fingerprint density at radius 1 is 1.20 bits per heavy atom. The van der Waals surface area contributed by atoms with Crippen molar-refractivity contribution in [2.75, 3.05) is 0 Å². The maximum absolute atomic E-state index is 10.1. The largest absolute Gasteiger partial charge is 0.507 e. The molecule has 0 aliphatic rings. The van der Waals surface area contributed by atoms with E-state index in [1.165, 1.54) is 0 Å². The van der Waals surface area contributed by atoms with E-state index in [0.717, 1.165) is 22.3 Å². The smallest absolute Gasteiger partial charge is 0.122 e. The zero-order valence-electron chi connectivity index (χ0n) is 10.2. The lowest BCUT2D eigenvalue weighted by Crippen LogP contribution is -2.13. The molecule has 0 heterocycles. The molecule has 0 spiro atoms. The van der Waals surface area contributed by atoms with Gasteiger partial charge in [-0.25, -0.2) is 0 Å². The number of hydrogen-bond acceptors (Lipinski definition) is 2. The van der Waals surface area contributed by atoms with Crippen LogP contribution in [-0.2, 0) is 12.0 Å². The molecule has 0 aliphatic heterocycles. The van der Waals surface area contributed by atoms with Gasteiger partial charge in [-0.05, 0) is 41.5 Å². The summed E-state index contributed by atoms with van der Waals surface area (Å²) < 4.78 is 0. The number of rotatable bonds is 1. The Bertz CT molecular complexity index is 373. The molecule has 0 atom stereocenters. The van der Waals surface area contributed by atoms with Crippen molar-refractivity contribution in [1.82, 2.24) is 0 Å². The van der Waals surface area contributed by atoms with Gasteiger partial charge in [-0.2, -0.15) is 0 Å². The molecule has 0 saturated heterocycles. The summed E-state index contributed by atoms with van der Waals surface area (Å²) in [5.41, 5.74) is 3.53. The van der Waals surface area contributed by atoms with Gasteiger partial charge in [-0.15, -0.1) is 0 Å². The number of aryl methyl sites for hydroxylation is 1. The molecular weight excluding hydrogens is 188 g/mol. The summed E-state index contributed by atoms with van der Waals surface area (Å²) in [7, 11) is 0. The van der Waals surface area contributed by atoms with Crippen molar-refractivity contribution in [2.24, 2.45) is 0 Å². The van der Waals surface area contributed by atoms with E-state index in [4.69, 9.17) is 0 Å². The van der Waals surface area contributed by atoms with Crippen LogP contribution in [0.4, 0.5) is 0 Å². The molecule has 2 heteroatoms. The second-order valence-corrected chi connectivity index (χ2v) is 5.10. The van der Waals surface area contributed by atoms with Crippen LogP contribution in [0.2, 0.25) is 0 Å². The van der Waals surface area contributed by atoms with E-state index in [9.17, 15) is 10.2 Å². The van der Waals surface area contributed by atoms with Crippen LogP contribution < -0.4 is 0 Å². The van der Waals surface area contributed by atoms with E-state index in [0.29, 0.717) is 5.75 Å². The van der Waals surface area contributed by atoms with Crippen molar-refractivity contribution in [3.8, 4) is 5.75 Å². The SMILES string of the molecule is Cc1cc(C(C)(C)C)c(O)c(C)c1CO.